The fourth-order valence-electron chi connectivity index (χ4n) is 1.90. The summed E-state index contributed by atoms with van der Waals surface area (Å²) in [5, 5.41) is 23.3. The standard InChI is InChI=1S/C13H21N3O3/c1-9-5-7-14-12(11(9)16(18)19)15-10(6-8-17)13(2,3)4/h5,7,10,17H,6,8H2,1-4H3,(H,14,15). The van der Waals surface area contributed by atoms with Crippen molar-refractivity contribution in [3.05, 3.63) is 27.9 Å². The molecule has 1 unspecified atom stereocenters. The number of anilines is 1. The Morgan fingerprint density at radius 1 is 1.53 bits per heavy atom. The van der Waals surface area contributed by atoms with Crippen molar-refractivity contribution in [3.8, 4) is 0 Å². The number of pyridine rings is 1. The van der Waals surface area contributed by atoms with Crippen molar-refractivity contribution in [2.45, 2.75) is 40.2 Å². The lowest BCUT2D eigenvalue weighted by atomic mass is 9.85. The van der Waals surface area contributed by atoms with Gasteiger partial charge >= 0.3 is 5.69 Å². The molecule has 0 spiro atoms. The molecule has 0 aliphatic heterocycles. The van der Waals surface area contributed by atoms with E-state index in [1.165, 1.54) is 0 Å². The summed E-state index contributed by atoms with van der Waals surface area (Å²) in [6.45, 7) is 7.75. The van der Waals surface area contributed by atoms with E-state index in [1.54, 1.807) is 19.2 Å². The molecule has 0 saturated carbocycles. The lowest BCUT2D eigenvalue weighted by Gasteiger charge is -2.31. The van der Waals surface area contributed by atoms with Gasteiger partial charge in [-0.15, -0.1) is 0 Å². The zero-order valence-corrected chi connectivity index (χ0v) is 11.8. The topological polar surface area (TPSA) is 88.3 Å². The zero-order chi connectivity index (χ0) is 14.6. The van der Waals surface area contributed by atoms with Crippen LogP contribution in [0.5, 0.6) is 0 Å². The molecule has 106 valence electrons. The first-order valence-corrected chi connectivity index (χ1v) is 6.24. The molecular weight excluding hydrogens is 246 g/mol. The average Bonchev–Trinajstić information content (AvgIpc) is 2.26. The minimum Gasteiger partial charge on any atom is -0.396 e. The molecule has 1 aromatic rings. The van der Waals surface area contributed by atoms with Crippen LogP contribution in [-0.2, 0) is 0 Å². The van der Waals surface area contributed by atoms with Crippen molar-refractivity contribution in [2.24, 2.45) is 5.41 Å². The van der Waals surface area contributed by atoms with E-state index in [9.17, 15) is 10.1 Å². The Balaban J connectivity index is 3.10. The first kappa shape index (κ1) is 15.4. The molecule has 19 heavy (non-hydrogen) atoms. The average molecular weight is 267 g/mol. The number of nitrogens with one attached hydrogen (secondary N) is 1. The first-order chi connectivity index (χ1) is 8.77. The van der Waals surface area contributed by atoms with Gasteiger partial charge < -0.3 is 10.4 Å². The van der Waals surface area contributed by atoms with Crippen LogP contribution >= 0.6 is 0 Å². The molecule has 1 aromatic heterocycles. The molecule has 0 saturated heterocycles. The number of nitrogens with zero attached hydrogens (tertiary/aromatic N) is 2. The maximum absolute atomic E-state index is 11.1. The summed E-state index contributed by atoms with van der Waals surface area (Å²) in [5.74, 6) is 0.262. The van der Waals surface area contributed by atoms with Crippen LogP contribution in [0.4, 0.5) is 11.5 Å². The summed E-state index contributed by atoms with van der Waals surface area (Å²) in [6, 6.07) is 1.52. The largest absolute Gasteiger partial charge is 0.396 e. The van der Waals surface area contributed by atoms with Crippen molar-refractivity contribution < 1.29 is 10.0 Å². The van der Waals surface area contributed by atoms with Crippen LogP contribution in [0.1, 0.15) is 32.8 Å². The monoisotopic (exact) mass is 267 g/mol. The third kappa shape index (κ3) is 3.89. The van der Waals surface area contributed by atoms with Crippen LogP contribution in [0.25, 0.3) is 0 Å². The van der Waals surface area contributed by atoms with Gasteiger partial charge in [0.05, 0.1) is 4.92 Å². The molecule has 0 aliphatic rings. The van der Waals surface area contributed by atoms with Gasteiger partial charge in [0.1, 0.15) is 0 Å². The fraction of sp³-hybridized carbons (Fsp3) is 0.615. The lowest BCUT2D eigenvalue weighted by Crippen LogP contribution is -2.35. The highest BCUT2D eigenvalue weighted by atomic mass is 16.6. The van der Waals surface area contributed by atoms with E-state index in [2.05, 4.69) is 10.3 Å². The molecule has 0 fully saturated rings. The third-order valence-corrected chi connectivity index (χ3v) is 3.08. The number of aryl methyl sites for hydroxylation is 1. The summed E-state index contributed by atoms with van der Waals surface area (Å²) in [6.07, 6.45) is 2.06. The van der Waals surface area contributed by atoms with Crippen molar-refractivity contribution >= 4 is 11.5 Å². The van der Waals surface area contributed by atoms with Crippen LogP contribution in [0.3, 0.4) is 0 Å². The number of hydrogen-bond donors (Lipinski definition) is 2. The Hall–Kier alpha value is -1.69. The van der Waals surface area contributed by atoms with Crippen LogP contribution < -0.4 is 5.32 Å². The van der Waals surface area contributed by atoms with Gasteiger partial charge in [-0.25, -0.2) is 4.98 Å². The SMILES string of the molecule is Cc1ccnc(NC(CCO)C(C)(C)C)c1[N+](=O)[O-]. The van der Waals surface area contributed by atoms with Gasteiger partial charge in [-0.1, -0.05) is 20.8 Å². The Morgan fingerprint density at radius 3 is 2.63 bits per heavy atom. The van der Waals surface area contributed by atoms with Gasteiger partial charge in [-0.05, 0) is 24.8 Å². The minimum absolute atomic E-state index is 0.00492. The van der Waals surface area contributed by atoms with Gasteiger partial charge in [-0.3, -0.25) is 10.1 Å². The Labute approximate surface area is 113 Å². The second kappa shape index (κ2) is 5.97. The van der Waals surface area contributed by atoms with Crippen LogP contribution in [0, 0.1) is 22.5 Å². The number of hydrogen-bond acceptors (Lipinski definition) is 5. The predicted octanol–water partition coefficient (Wildman–Crippen LogP) is 2.51. The highest BCUT2D eigenvalue weighted by Crippen LogP contribution is 2.30. The smallest absolute Gasteiger partial charge is 0.314 e. The Bertz CT molecular complexity index is 455. The number of nitro groups is 1. The van der Waals surface area contributed by atoms with Gasteiger partial charge in [0.25, 0.3) is 0 Å². The maximum atomic E-state index is 11.1. The summed E-state index contributed by atoms with van der Waals surface area (Å²) in [4.78, 5) is 14.7. The van der Waals surface area contributed by atoms with E-state index in [1.807, 2.05) is 20.8 Å². The molecule has 1 heterocycles. The van der Waals surface area contributed by atoms with Gasteiger partial charge in [0.2, 0.25) is 5.82 Å². The quantitative estimate of drug-likeness (QED) is 0.632. The lowest BCUT2D eigenvalue weighted by molar-refractivity contribution is -0.384. The van der Waals surface area contributed by atoms with Crippen molar-refractivity contribution in [3.63, 3.8) is 0 Å². The molecule has 0 amide bonds. The van der Waals surface area contributed by atoms with E-state index in [0.29, 0.717) is 12.0 Å². The van der Waals surface area contributed by atoms with Crippen molar-refractivity contribution in [2.75, 3.05) is 11.9 Å². The summed E-state index contributed by atoms with van der Waals surface area (Å²) < 4.78 is 0. The van der Waals surface area contributed by atoms with Crippen LogP contribution in [0.15, 0.2) is 12.3 Å². The van der Waals surface area contributed by atoms with Crippen LogP contribution in [0.2, 0.25) is 0 Å². The highest BCUT2D eigenvalue weighted by Gasteiger charge is 2.28. The molecule has 1 atom stereocenters. The van der Waals surface area contributed by atoms with Crippen molar-refractivity contribution in [1.82, 2.24) is 4.98 Å². The number of rotatable bonds is 5. The van der Waals surface area contributed by atoms with E-state index in [0.717, 1.165) is 0 Å². The Morgan fingerprint density at radius 2 is 2.16 bits per heavy atom. The molecule has 0 radical (unpaired) electrons. The second-order valence-electron chi connectivity index (χ2n) is 5.66. The van der Waals surface area contributed by atoms with Gasteiger partial charge in [0.15, 0.2) is 0 Å². The normalized spacial score (nSPS) is 13.1. The fourth-order valence-corrected chi connectivity index (χ4v) is 1.90. The molecule has 0 aromatic carbocycles. The number of aromatic nitrogens is 1. The molecule has 0 bridgehead atoms. The molecular formula is C13H21N3O3. The molecule has 0 aliphatic carbocycles. The molecule has 1 rings (SSSR count). The number of aliphatic hydroxyl groups excluding tert-OH is 1. The predicted molar refractivity (Wildman–Crippen MR) is 74.2 cm³/mol. The van der Waals surface area contributed by atoms with E-state index >= 15 is 0 Å². The minimum atomic E-state index is -0.427. The highest BCUT2D eigenvalue weighted by molar-refractivity contribution is 5.60. The second-order valence-corrected chi connectivity index (χ2v) is 5.66. The molecule has 6 nitrogen and oxygen atoms in total. The third-order valence-electron chi connectivity index (χ3n) is 3.08. The van der Waals surface area contributed by atoms with Gasteiger partial charge in [-0.2, -0.15) is 0 Å². The summed E-state index contributed by atoms with van der Waals surface area (Å²) >= 11 is 0. The summed E-state index contributed by atoms with van der Waals surface area (Å²) in [5.41, 5.74) is 0.427. The van der Waals surface area contributed by atoms with Gasteiger partial charge in [0, 0.05) is 24.4 Å². The van der Waals surface area contributed by atoms with Crippen LogP contribution in [-0.4, -0.2) is 27.7 Å². The maximum Gasteiger partial charge on any atom is 0.314 e. The number of aliphatic hydroxyl groups is 1. The zero-order valence-electron chi connectivity index (χ0n) is 11.8. The first-order valence-electron chi connectivity index (χ1n) is 6.24. The molecule has 2 N–H and O–H groups in total. The van der Waals surface area contributed by atoms with E-state index < -0.39 is 4.92 Å². The summed E-state index contributed by atoms with van der Waals surface area (Å²) in [7, 11) is 0. The van der Waals surface area contributed by atoms with E-state index in [4.69, 9.17) is 5.11 Å². The Kier molecular flexibility index (Phi) is 4.83. The molecule has 6 heteroatoms. The van der Waals surface area contributed by atoms with E-state index in [-0.39, 0.29) is 29.6 Å². The van der Waals surface area contributed by atoms with Crippen molar-refractivity contribution in [1.29, 1.82) is 0 Å².